The second kappa shape index (κ2) is 39.0. The van der Waals surface area contributed by atoms with Gasteiger partial charge in [0.25, 0.3) is 7.82 Å². The lowest BCUT2D eigenvalue weighted by Crippen LogP contribution is -2.37. The zero-order chi connectivity index (χ0) is 40.6. The van der Waals surface area contributed by atoms with Crippen LogP contribution in [0.25, 0.3) is 0 Å². The predicted octanol–water partition coefficient (Wildman–Crippen LogP) is 12.3. The molecular weight excluding hydrogens is 709 g/mol. The molecule has 55 heavy (non-hydrogen) atoms. The van der Waals surface area contributed by atoms with Crippen molar-refractivity contribution in [2.75, 3.05) is 54.1 Å². The van der Waals surface area contributed by atoms with Gasteiger partial charge in [-0.05, 0) is 77.0 Å². The van der Waals surface area contributed by atoms with Gasteiger partial charge in [0.2, 0.25) is 0 Å². The average Bonchev–Trinajstić information content (AvgIpc) is 3.13. The van der Waals surface area contributed by atoms with Crippen LogP contribution in [0.15, 0.2) is 60.8 Å². The number of carbonyl (C=O) groups excluding carboxylic acids is 1. The van der Waals surface area contributed by atoms with Gasteiger partial charge < -0.3 is 27.9 Å². The van der Waals surface area contributed by atoms with Crippen molar-refractivity contribution in [2.45, 2.75) is 174 Å². The van der Waals surface area contributed by atoms with Gasteiger partial charge in [0.05, 0.1) is 34.4 Å². The number of allylic oxidation sites excluding steroid dienone is 10. The van der Waals surface area contributed by atoms with Crippen LogP contribution in [0, 0.1) is 0 Å². The van der Waals surface area contributed by atoms with Crippen LogP contribution >= 0.6 is 7.82 Å². The first-order valence-electron chi connectivity index (χ1n) is 22.0. The van der Waals surface area contributed by atoms with Gasteiger partial charge >= 0.3 is 5.97 Å². The first-order valence-corrected chi connectivity index (χ1v) is 23.5. The topological polar surface area (TPSA) is 94.1 Å². The van der Waals surface area contributed by atoms with Crippen LogP contribution in [0.4, 0.5) is 0 Å². The van der Waals surface area contributed by atoms with E-state index >= 15 is 0 Å². The van der Waals surface area contributed by atoms with Crippen LogP contribution in [0.5, 0.6) is 0 Å². The SMILES string of the molecule is CC/C=C\C/C=C\C/C=C\C/C=C\CCCCCCC(=O)O[C@H](COCCCCCCCC/C=C\CCCCCCCC)COP(=O)([O-])OCC[N+](C)(C)C. The fourth-order valence-electron chi connectivity index (χ4n) is 5.65. The third-order valence-corrected chi connectivity index (χ3v) is 10.0. The minimum atomic E-state index is -4.53. The summed E-state index contributed by atoms with van der Waals surface area (Å²) in [5.74, 6) is -0.361. The van der Waals surface area contributed by atoms with Gasteiger partial charge in [-0.1, -0.05) is 145 Å². The molecule has 1 unspecified atom stereocenters. The van der Waals surface area contributed by atoms with Crippen molar-refractivity contribution in [3.63, 3.8) is 0 Å². The summed E-state index contributed by atoms with van der Waals surface area (Å²) in [7, 11) is 1.33. The number of phosphoric ester groups is 1. The highest BCUT2D eigenvalue weighted by Gasteiger charge is 2.20. The van der Waals surface area contributed by atoms with Gasteiger partial charge in [-0.25, -0.2) is 0 Å². The van der Waals surface area contributed by atoms with E-state index in [1.165, 1.54) is 77.0 Å². The lowest BCUT2D eigenvalue weighted by molar-refractivity contribution is -0.870. The van der Waals surface area contributed by atoms with E-state index in [2.05, 4.69) is 74.6 Å². The number of unbranched alkanes of at least 4 members (excludes halogenated alkanes) is 16. The third-order valence-electron chi connectivity index (χ3n) is 9.05. The summed E-state index contributed by atoms with van der Waals surface area (Å²) in [6, 6.07) is 0. The fraction of sp³-hybridized carbons (Fsp3) is 0.761. The Hall–Kier alpha value is -1.80. The number of ether oxygens (including phenoxy) is 2. The maximum atomic E-state index is 12.7. The van der Waals surface area contributed by atoms with Crippen molar-refractivity contribution in [1.82, 2.24) is 0 Å². The van der Waals surface area contributed by atoms with Gasteiger partial charge in [0.1, 0.15) is 19.3 Å². The predicted molar refractivity (Wildman–Crippen MR) is 231 cm³/mol. The number of hydrogen-bond donors (Lipinski definition) is 0. The first-order chi connectivity index (χ1) is 26.6. The van der Waals surface area contributed by atoms with Crippen LogP contribution in [-0.4, -0.2) is 70.7 Å². The van der Waals surface area contributed by atoms with Crippen molar-refractivity contribution < 1.29 is 37.3 Å². The maximum Gasteiger partial charge on any atom is 0.306 e. The van der Waals surface area contributed by atoms with E-state index in [0.717, 1.165) is 70.6 Å². The van der Waals surface area contributed by atoms with Gasteiger partial charge in [0.15, 0.2) is 0 Å². The summed E-state index contributed by atoms with van der Waals surface area (Å²) in [5.41, 5.74) is 0. The first kappa shape index (κ1) is 53.2. The molecule has 320 valence electrons. The average molecular weight is 794 g/mol. The fourth-order valence-corrected chi connectivity index (χ4v) is 6.38. The van der Waals surface area contributed by atoms with E-state index < -0.39 is 13.9 Å². The lowest BCUT2D eigenvalue weighted by Gasteiger charge is -2.28. The Morgan fingerprint density at radius 2 is 1.05 bits per heavy atom. The molecule has 0 aliphatic heterocycles. The van der Waals surface area contributed by atoms with Crippen molar-refractivity contribution in [3.05, 3.63) is 60.8 Å². The minimum absolute atomic E-state index is 0.0173. The molecule has 0 amide bonds. The highest BCUT2D eigenvalue weighted by Crippen LogP contribution is 2.38. The van der Waals surface area contributed by atoms with Gasteiger partial charge in [-0.3, -0.25) is 9.36 Å². The summed E-state index contributed by atoms with van der Waals surface area (Å²) in [6.07, 6.45) is 48.0. The Bertz CT molecular complexity index is 1060. The van der Waals surface area contributed by atoms with Crippen molar-refractivity contribution in [2.24, 2.45) is 0 Å². The largest absolute Gasteiger partial charge is 0.756 e. The molecule has 0 N–H and O–H groups in total. The molecule has 0 saturated heterocycles. The zero-order valence-electron chi connectivity index (χ0n) is 36.1. The van der Waals surface area contributed by atoms with Crippen molar-refractivity contribution in [3.8, 4) is 0 Å². The molecule has 0 aromatic carbocycles. The second-order valence-electron chi connectivity index (χ2n) is 15.7. The number of esters is 1. The molecule has 0 saturated carbocycles. The number of nitrogens with zero attached hydrogens (tertiary/aromatic N) is 1. The van der Waals surface area contributed by atoms with Crippen molar-refractivity contribution >= 4 is 13.8 Å². The van der Waals surface area contributed by atoms with Crippen LogP contribution in [0.1, 0.15) is 168 Å². The Morgan fingerprint density at radius 1 is 0.582 bits per heavy atom. The summed E-state index contributed by atoms with van der Waals surface area (Å²) in [5, 5.41) is 0. The highest BCUT2D eigenvalue weighted by atomic mass is 31.2. The highest BCUT2D eigenvalue weighted by molar-refractivity contribution is 7.45. The molecule has 0 radical (unpaired) electrons. The van der Waals surface area contributed by atoms with Crippen LogP contribution < -0.4 is 4.89 Å². The standard InChI is InChI=1S/C46H84NO7P/c1-6-8-10-12-14-16-18-20-22-24-25-27-29-31-33-35-37-39-46(48)54-45(44-53-55(49,50)52-42-40-47(3,4)5)43-51-41-38-36-34-32-30-28-26-23-21-19-17-15-13-11-9-7-2/h8,10,14,16,20-23,25,27,45H,6-7,9,11-13,15,17-19,24,26,28-44H2,1-5H3/b10-8-,16-14-,22-20-,23-21-,27-25-/t45-/m1/s1. The smallest absolute Gasteiger partial charge is 0.306 e. The number of phosphoric acid groups is 1. The number of likely N-dealkylation sites (N-methyl/N-ethyl adjacent to an activating group) is 1. The number of quaternary nitrogens is 1. The van der Waals surface area contributed by atoms with Crippen LogP contribution in [-0.2, 0) is 27.9 Å². The quantitative estimate of drug-likeness (QED) is 0.0200. The van der Waals surface area contributed by atoms with E-state index in [4.69, 9.17) is 18.5 Å². The molecule has 0 aromatic heterocycles. The van der Waals surface area contributed by atoms with E-state index in [-0.39, 0.29) is 32.2 Å². The monoisotopic (exact) mass is 794 g/mol. The second-order valence-corrected chi connectivity index (χ2v) is 17.1. The number of carbonyl (C=O) groups is 1. The summed E-state index contributed by atoms with van der Waals surface area (Å²) in [4.78, 5) is 25.0. The number of rotatable bonds is 40. The molecule has 0 heterocycles. The Morgan fingerprint density at radius 3 is 1.60 bits per heavy atom. The van der Waals surface area contributed by atoms with Crippen LogP contribution in [0.2, 0.25) is 0 Å². The van der Waals surface area contributed by atoms with E-state index in [1.807, 2.05) is 21.1 Å². The molecule has 2 atom stereocenters. The zero-order valence-corrected chi connectivity index (χ0v) is 37.0. The maximum absolute atomic E-state index is 12.7. The molecule has 8 nitrogen and oxygen atoms in total. The molecule has 0 fully saturated rings. The lowest BCUT2D eigenvalue weighted by atomic mass is 10.1. The molecular formula is C46H84NO7P. The molecule has 0 aliphatic rings. The normalized spacial score (nSPS) is 14.4. The van der Waals surface area contributed by atoms with Crippen LogP contribution in [0.3, 0.4) is 0 Å². The van der Waals surface area contributed by atoms with E-state index in [1.54, 1.807) is 0 Å². The third kappa shape index (κ3) is 43.2. The molecule has 9 heteroatoms. The van der Waals surface area contributed by atoms with E-state index in [0.29, 0.717) is 17.6 Å². The molecule has 0 spiro atoms. The Balaban J connectivity index is 4.31. The van der Waals surface area contributed by atoms with Crippen molar-refractivity contribution in [1.29, 1.82) is 0 Å². The summed E-state index contributed by atoms with van der Waals surface area (Å²) in [6.45, 7) is 5.24. The molecule has 0 bridgehead atoms. The van der Waals surface area contributed by atoms with Gasteiger partial charge in [0, 0.05) is 13.0 Å². The summed E-state index contributed by atoms with van der Waals surface area (Å²) < 4.78 is 34.6. The van der Waals surface area contributed by atoms with E-state index in [9.17, 15) is 14.3 Å². The molecule has 0 aromatic rings. The van der Waals surface area contributed by atoms with Gasteiger partial charge in [-0.15, -0.1) is 0 Å². The summed E-state index contributed by atoms with van der Waals surface area (Å²) >= 11 is 0. The molecule has 0 aliphatic carbocycles. The molecule has 0 rings (SSSR count). The minimum Gasteiger partial charge on any atom is -0.756 e. The Labute approximate surface area is 339 Å². The number of hydrogen-bond acceptors (Lipinski definition) is 7. The Kier molecular flexibility index (Phi) is 37.8. The van der Waals surface area contributed by atoms with Gasteiger partial charge in [-0.2, -0.15) is 0 Å².